The molecule has 2 aromatic carbocycles. The third kappa shape index (κ3) is 5.69. The number of nitrogens with zero attached hydrogens (tertiary/aromatic N) is 1. The number of nitrogens with one attached hydrogen (secondary N) is 1. The van der Waals surface area contributed by atoms with Gasteiger partial charge in [0.2, 0.25) is 10.0 Å². The number of benzene rings is 2. The van der Waals surface area contributed by atoms with E-state index in [0.717, 1.165) is 43.5 Å². The van der Waals surface area contributed by atoms with Gasteiger partial charge in [-0.3, -0.25) is 4.79 Å². The highest BCUT2D eigenvalue weighted by molar-refractivity contribution is 7.89. The molecule has 162 valence electrons. The predicted molar refractivity (Wildman–Crippen MR) is 116 cm³/mol. The second-order valence-corrected chi connectivity index (χ2v) is 9.92. The topological polar surface area (TPSA) is 75.7 Å². The number of ether oxygens (including phenoxy) is 1. The fraction of sp³-hybridized carbons (Fsp3) is 0.316. The van der Waals surface area contributed by atoms with Crippen LogP contribution in [0.25, 0.3) is 0 Å². The molecule has 0 spiro atoms. The van der Waals surface area contributed by atoms with Crippen LogP contribution >= 0.6 is 34.8 Å². The van der Waals surface area contributed by atoms with E-state index in [2.05, 4.69) is 4.90 Å². The summed E-state index contributed by atoms with van der Waals surface area (Å²) >= 11 is 18.3. The van der Waals surface area contributed by atoms with Crippen molar-refractivity contribution in [3.63, 3.8) is 0 Å². The summed E-state index contributed by atoms with van der Waals surface area (Å²) in [4.78, 5) is 14.0. The van der Waals surface area contributed by atoms with Gasteiger partial charge in [0.25, 0.3) is 5.91 Å². The van der Waals surface area contributed by atoms with Crippen LogP contribution < -0.4 is 14.4 Å². The largest absolute Gasteiger partial charge is 0.490 e. The number of sulfonamides is 1. The highest BCUT2D eigenvalue weighted by Crippen LogP contribution is 2.32. The summed E-state index contributed by atoms with van der Waals surface area (Å²) < 4.78 is 44.1. The van der Waals surface area contributed by atoms with E-state index in [9.17, 15) is 17.6 Å². The average Bonchev–Trinajstić information content (AvgIpc) is 3.08. The Bertz CT molecular complexity index is 1060. The van der Waals surface area contributed by atoms with Gasteiger partial charge in [-0.2, -0.15) is 0 Å². The molecule has 0 aromatic heterocycles. The molecule has 0 unspecified atom stereocenters. The fourth-order valence-electron chi connectivity index (χ4n) is 3.28. The number of carbonyl (C=O) groups is 1. The van der Waals surface area contributed by atoms with Crippen LogP contribution in [0.3, 0.4) is 0 Å². The number of anilines is 1. The minimum absolute atomic E-state index is 0.00753. The summed E-state index contributed by atoms with van der Waals surface area (Å²) in [5.74, 6) is -2.00. The number of hydrogen-bond acceptors (Lipinski definition) is 5. The smallest absolute Gasteiger partial charge is 0.267 e. The molecule has 0 bridgehead atoms. The quantitative estimate of drug-likeness (QED) is 0.637. The first-order chi connectivity index (χ1) is 14.0. The standard InChI is InChI=1S/C19H18Cl3FN2O4S/c1-30(27,28)24-19(26)15-8-16(22)18(9-17(15)23)29-10-13-3-2-4-25(13)14-6-11(20)5-12(21)7-14/h5-9,13H,2-4,10H2,1H3,(H,24,26)/t13-/m1/s1. The number of carbonyl (C=O) groups excluding carboxylic acids is 1. The Labute approximate surface area is 188 Å². The molecule has 3 rings (SSSR count). The Balaban J connectivity index is 1.73. The van der Waals surface area contributed by atoms with Crippen molar-refractivity contribution in [2.45, 2.75) is 18.9 Å². The molecule has 0 aliphatic carbocycles. The van der Waals surface area contributed by atoms with Crippen LogP contribution in [0.1, 0.15) is 23.2 Å². The van der Waals surface area contributed by atoms with Gasteiger partial charge in [0.15, 0.2) is 0 Å². The normalized spacial score (nSPS) is 16.6. The molecule has 0 radical (unpaired) electrons. The van der Waals surface area contributed by atoms with E-state index in [0.29, 0.717) is 10.0 Å². The molecule has 2 aromatic rings. The Hall–Kier alpha value is -1.74. The van der Waals surface area contributed by atoms with E-state index in [4.69, 9.17) is 39.5 Å². The Morgan fingerprint density at radius 3 is 2.50 bits per heavy atom. The second-order valence-electron chi connectivity index (χ2n) is 6.89. The van der Waals surface area contributed by atoms with Gasteiger partial charge in [0.05, 0.1) is 22.9 Å². The van der Waals surface area contributed by atoms with Crippen LogP contribution in [0.5, 0.6) is 5.75 Å². The van der Waals surface area contributed by atoms with E-state index >= 15 is 0 Å². The number of halogens is 4. The second kappa shape index (κ2) is 9.18. The summed E-state index contributed by atoms with van der Waals surface area (Å²) in [7, 11) is -3.84. The van der Waals surface area contributed by atoms with Gasteiger partial charge in [-0.25, -0.2) is 17.5 Å². The van der Waals surface area contributed by atoms with E-state index in [1.165, 1.54) is 0 Å². The van der Waals surface area contributed by atoms with Crippen LogP contribution in [0.15, 0.2) is 30.3 Å². The lowest BCUT2D eigenvalue weighted by molar-refractivity contribution is 0.0977. The van der Waals surface area contributed by atoms with E-state index in [1.807, 2.05) is 12.1 Å². The molecule has 6 nitrogen and oxygen atoms in total. The molecule has 1 heterocycles. The molecule has 1 N–H and O–H groups in total. The van der Waals surface area contributed by atoms with Crippen molar-refractivity contribution < 1.29 is 22.3 Å². The van der Waals surface area contributed by atoms with E-state index in [1.54, 1.807) is 10.8 Å². The van der Waals surface area contributed by atoms with Gasteiger partial charge in [0, 0.05) is 28.3 Å². The van der Waals surface area contributed by atoms with Crippen LogP contribution in [0, 0.1) is 5.82 Å². The van der Waals surface area contributed by atoms with Crippen molar-refractivity contribution >= 4 is 56.4 Å². The monoisotopic (exact) mass is 494 g/mol. The summed E-state index contributed by atoms with van der Waals surface area (Å²) in [6, 6.07) is 7.27. The minimum Gasteiger partial charge on any atom is -0.490 e. The van der Waals surface area contributed by atoms with Gasteiger partial charge in [-0.15, -0.1) is 0 Å². The molecule has 1 aliphatic rings. The maximum Gasteiger partial charge on any atom is 0.267 e. The molecule has 1 aliphatic heterocycles. The van der Waals surface area contributed by atoms with Gasteiger partial charge in [0.1, 0.15) is 18.2 Å². The summed E-state index contributed by atoms with van der Waals surface area (Å²) in [5.41, 5.74) is 0.373. The zero-order valence-corrected chi connectivity index (χ0v) is 18.9. The first kappa shape index (κ1) is 22.9. The molecule has 1 saturated heterocycles. The Morgan fingerprint density at radius 2 is 1.87 bits per heavy atom. The first-order valence-corrected chi connectivity index (χ1v) is 11.9. The third-order valence-electron chi connectivity index (χ3n) is 4.53. The molecule has 11 heteroatoms. The van der Waals surface area contributed by atoms with Gasteiger partial charge in [-0.05, 0) is 37.1 Å². The fourth-order valence-corrected chi connectivity index (χ4v) is 4.46. The Morgan fingerprint density at radius 1 is 1.20 bits per heavy atom. The average molecular weight is 496 g/mol. The first-order valence-electron chi connectivity index (χ1n) is 8.90. The van der Waals surface area contributed by atoms with Gasteiger partial charge in [-0.1, -0.05) is 34.8 Å². The highest BCUT2D eigenvalue weighted by atomic mass is 35.5. The van der Waals surface area contributed by atoms with Crippen LogP contribution in [-0.2, 0) is 10.0 Å². The molecular weight excluding hydrogens is 478 g/mol. The summed E-state index contributed by atoms with van der Waals surface area (Å²) in [6.07, 6.45) is 2.58. The lowest BCUT2D eigenvalue weighted by atomic mass is 10.2. The predicted octanol–water partition coefficient (Wildman–Crippen LogP) is 4.52. The molecule has 1 fully saturated rings. The van der Waals surface area contributed by atoms with Crippen LogP contribution in [-0.4, -0.2) is 39.8 Å². The van der Waals surface area contributed by atoms with Crippen molar-refractivity contribution in [2.75, 3.05) is 24.3 Å². The number of amides is 1. The van der Waals surface area contributed by atoms with Gasteiger partial charge < -0.3 is 9.64 Å². The SMILES string of the molecule is CS(=O)(=O)NC(=O)c1cc(Cl)c(OC[C@H]2CCCN2c2cc(Cl)cc(Cl)c2)cc1F. The zero-order chi connectivity index (χ0) is 22.1. The highest BCUT2D eigenvalue weighted by Gasteiger charge is 2.27. The van der Waals surface area contributed by atoms with Crippen LogP contribution in [0.2, 0.25) is 15.1 Å². The van der Waals surface area contributed by atoms with Crippen molar-refractivity contribution in [1.29, 1.82) is 0 Å². The molecule has 1 atom stereocenters. The minimum atomic E-state index is -3.84. The molecule has 30 heavy (non-hydrogen) atoms. The molecular formula is C19H18Cl3FN2O4S. The van der Waals surface area contributed by atoms with Crippen molar-refractivity contribution in [2.24, 2.45) is 0 Å². The molecule has 1 amide bonds. The van der Waals surface area contributed by atoms with Gasteiger partial charge >= 0.3 is 0 Å². The Kier molecular flexibility index (Phi) is 7.02. The zero-order valence-electron chi connectivity index (χ0n) is 15.8. The summed E-state index contributed by atoms with van der Waals surface area (Å²) in [6.45, 7) is 1.01. The lowest BCUT2D eigenvalue weighted by Crippen LogP contribution is -2.34. The third-order valence-corrected chi connectivity index (χ3v) is 5.82. The summed E-state index contributed by atoms with van der Waals surface area (Å²) in [5, 5.41) is 1.04. The number of hydrogen-bond donors (Lipinski definition) is 1. The van der Waals surface area contributed by atoms with E-state index < -0.39 is 27.3 Å². The lowest BCUT2D eigenvalue weighted by Gasteiger charge is -2.27. The maximum absolute atomic E-state index is 14.4. The molecule has 0 saturated carbocycles. The van der Waals surface area contributed by atoms with Crippen LogP contribution in [0.4, 0.5) is 10.1 Å². The van der Waals surface area contributed by atoms with E-state index in [-0.39, 0.29) is 23.4 Å². The van der Waals surface area contributed by atoms with Crippen molar-refractivity contribution in [3.05, 3.63) is 56.8 Å². The number of rotatable bonds is 6. The van der Waals surface area contributed by atoms with Crippen molar-refractivity contribution in [1.82, 2.24) is 4.72 Å². The maximum atomic E-state index is 14.4. The van der Waals surface area contributed by atoms with Crippen molar-refractivity contribution in [3.8, 4) is 5.75 Å².